The summed E-state index contributed by atoms with van der Waals surface area (Å²) < 4.78 is 2.75. The maximum Gasteiger partial charge on any atom is 0.108 e. The molecule has 0 saturated heterocycles. The maximum absolute atomic E-state index is 10.4. The SMILES string of the molecule is CCn1cc(Br)c(-c2cccc(N=O)c2)n1. The Labute approximate surface area is 101 Å². The summed E-state index contributed by atoms with van der Waals surface area (Å²) in [6.45, 7) is 2.83. The summed E-state index contributed by atoms with van der Waals surface area (Å²) in [4.78, 5) is 10.4. The molecule has 0 amide bonds. The van der Waals surface area contributed by atoms with Crippen molar-refractivity contribution in [3.8, 4) is 11.3 Å². The Hall–Kier alpha value is -1.49. The molecule has 0 atom stereocenters. The normalized spacial score (nSPS) is 10.4. The Morgan fingerprint density at radius 2 is 2.31 bits per heavy atom. The Bertz CT molecular complexity index is 522. The van der Waals surface area contributed by atoms with E-state index in [9.17, 15) is 4.91 Å². The topological polar surface area (TPSA) is 47.2 Å². The summed E-state index contributed by atoms with van der Waals surface area (Å²) in [6.07, 6.45) is 1.91. The summed E-state index contributed by atoms with van der Waals surface area (Å²) in [5, 5.41) is 7.31. The minimum atomic E-state index is 0.412. The van der Waals surface area contributed by atoms with Gasteiger partial charge in [-0.15, -0.1) is 4.91 Å². The van der Waals surface area contributed by atoms with Crippen molar-refractivity contribution >= 4 is 21.6 Å². The second-order valence-electron chi connectivity index (χ2n) is 3.32. The van der Waals surface area contributed by atoms with E-state index in [0.717, 1.165) is 22.3 Å². The van der Waals surface area contributed by atoms with Crippen LogP contribution in [0.25, 0.3) is 11.3 Å². The van der Waals surface area contributed by atoms with E-state index in [1.807, 2.05) is 23.9 Å². The number of aromatic nitrogens is 2. The van der Waals surface area contributed by atoms with Crippen LogP contribution in [0.4, 0.5) is 5.69 Å². The predicted octanol–water partition coefficient (Wildman–Crippen LogP) is 3.73. The van der Waals surface area contributed by atoms with E-state index in [1.54, 1.807) is 18.2 Å². The number of hydrogen-bond donors (Lipinski definition) is 0. The van der Waals surface area contributed by atoms with Gasteiger partial charge in [0.2, 0.25) is 0 Å². The fourth-order valence-electron chi connectivity index (χ4n) is 1.46. The van der Waals surface area contributed by atoms with E-state index in [2.05, 4.69) is 26.2 Å². The second-order valence-corrected chi connectivity index (χ2v) is 4.18. The molecule has 0 aliphatic rings. The number of hydrogen-bond acceptors (Lipinski definition) is 3. The van der Waals surface area contributed by atoms with Crippen LogP contribution in [0.15, 0.2) is 40.1 Å². The van der Waals surface area contributed by atoms with Gasteiger partial charge in [0.15, 0.2) is 0 Å². The van der Waals surface area contributed by atoms with Gasteiger partial charge in [-0.25, -0.2) is 0 Å². The van der Waals surface area contributed by atoms with Crippen LogP contribution in [-0.4, -0.2) is 9.78 Å². The number of halogens is 1. The van der Waals surface area contributed by atoms with Crippen LogP contribution in [0.5, 0.6) is 0 Å². The van der Waals surface area contributed by atoms with Gasteiger partial charge < -0.3 is 0 Å². The molecular formula is C11H10BrN3O. The molecule has 0 radical (unpaired) electrons. The van der Waals surface area contributed by atoms with Gasteiger partial charge in [0.05, 0.1) is 4.47 Å². The molecule has 1 heterocycles. The van der Waals surface area contributed by atoms with Gasteiger partial charge in [-0.1, -0.05) is 12.1 Å². The van der Waals surface area contributed by atoms with Crippen molar-refractivity contribution in [1.29, 1.82) is 0 Å². The Morgan fingerprint density at radius 3 is 2.94 bits per heavy atom. The molecule has 0 aliphatic heterocycles. The van der Waals surface area contributed by atoms with Crippen molar-refractivity contribution in [2.24, 2.45) is 5.18 Å². The van der Waals surface area contributed by atoms with E-state index in [4.69, 9.17) is 0 Å². The van der Waals surface area contributed by atoms with Crippen molar-refractivity contribution in [2.75, 3.05) is 0 Å². The molecule has 82 valence electrons. The van der Waals surface area contributed by atoms with E-state index in [0.29, 0.717) is 5.69 Å². The first-order valence-electron chi connectivity index (χ1n) is 4.91. The highest BCUT2D eigenvalue weighted by atomic mass is 79.9. The van der Waals surface area contributed by atoms with Crippen LogP contribution in [0, 0.1) is 4.91 Å². The zero-order valence-corrected chi connectivity index (χ0v) is 10.3. The van der Waals surface area contributed by atoms with E-state index in [-0.39, 0.29) is 0 Å². The molecule has 0 fully saturated rings. The van der Waals surface area contributed by atoms with Gasteiger partial charge in [-0.3, -0.25) is 4.68 Å². The van der Waals surface area contributed by atoms with Crippen LogP contribution >= 0.6 is 15.9 Å². The third-order valence-corrected chi connectivity index (χ3v) is 2.85. The summed E-state index contributed by atoms with van der Waals surface area (Å²) in [7, 11) is 0. The summed E-state index contributed by atoms with van der Waals surface area (Å²) in [5.74, 6) is 0. The lowest BCUT2D eigenvalue weighted by Crippen LogP contribution is -1.93. The summed E-state index contributed by atoms with van der Waals surface area (Å²) in [5.41, 5.74) is 2.12. The van der Waals surface area contributed by atoms with Crippen LogP contribution in [0.2, 0.25) is 0 Å². The number of rotatable bonds is 3. The molecule has 5 heteroatoms. The fourth-order valence-corrected chi connectivity index (χ4v) is 2.01. The van der Waals surface area contributed by atoms with Crippen molar-refractivity contribution in [3.05, 3.63) is 39.8 Å². The first kappa shape index (κ1) is 11.0. The van der Waals surface area contributed by atoms with Crippen LogP contribution < -0.4 is 0 Å². The van der Waals surface area contributed by atoms with Crippen molar-refractivity contribution in [1.82, 2.24) is 9.78 Å². The Kier molecular flexibility index (Phi) is 3.14. The second kappa shape index (κ2) is 4.57. The fraction of sp³-hybridized carbons (Fsp3) is 0.182. The van der Waals surface area contributed by atoms with Gasteiger partial charge in [0.1, 0.15) is 11.4 Å². The van der Waals surface area contributed by atoms with Crippen LogP contribution in [0.1, 0.15) is 6.92 Å². The summed E-state index contributed by atoms with van der Waals surface area (Å²) >= 11 is 3.45. The molecule has 1 aromatic carbocycles. The lowest BCUT2D eigenvalue weighted by atomic mass is 10.1. The van der Waals surface area contributed by atoms with Gasteiger partial charge in [-0.2, -0.15) is 5.10 Å². The average molecular weight is 280 g/mol. The van der Waals surface area contributed by atoms with E-state index in [1.165, 1.54) is 0 Å². The Morgan fingerprint density at radius 1 is 1.50 bits per heavy atom. The van der Waals surface area contributed by atoms with Gasteiger partial charge >= 0.3 is 0 Å². The number of nitroso groups, excluding NO2 is 1. The highest BCUT2D eigenvalue weighted by molar-refractivity contribution is 9.10. The quantitative estimate of drug-likeness (QED) is 0.804. The third-order valence-electron chi connectivity index (χ3n) is 2.27. The summed E-state index contributed by atoms with van der Waals surface area (Å²) in [6, 6.07) is 7.09. The van der Waals surface area contributed by atoms with E-state index < -0.39 is 0 Å². The standard InChI is InChI=1S/C11H10BrN3O/c1-2-15-7-10(12)11(13-15)8-4-3-5-9(6-8)14-16/h3-7H,2H2,1H3. The average Bonchev–Trinajstić information content (AvgIpc) is 2.71. The molecule has 0 saturated carbocycles. The lowest BCUT2D eigenvalue weighted by molar-refractivity contribution is 0.662. The smallest absolute Gasteiger partial charge is 0.108 e. The minimum Gasteiger partial charge on any atom is -0.271 e. The van der Waals surface area contributed by atoms with E-state index >= 15 is 0 Å². The monoisotopic (exact) mass is 279 g/mol. The number of aryl methyl sites for hydroxylation is 1. The predicted molar refractivity (Wildman–Crippen MR) is 66.5 cm³/mol. The van der Waals surface area contributed by atoms with Gasteiger partial charge in [0, 0.05) is 18.3 Å². The van der Waals surface area contributed by atoms with Gasteiger partial charge in [-0.05, 0) is 40.2 Å². The zero-order chi connectivity index (χ0) is 11.5. The number of nitrogens with zero attached hydrogens (tertiary/aromatic N) is 3. The first-order chi connectivity index (χ1) is 7.74. The molecule has 1 aromatic heterocycles. The first-order valence-corrected chi connectivity index (χ1v) is 5.70. The zero-order valence-electron chi connectivity index (χ0n) is 8.72. The van der Waals surface area contributed by atoms with Crippen LogP contribution in [-0.2, 0) is 6.54 Å². The maximum atomic E-state index is 10.4. The molecule has 0 N–H and O–H groups in total. The van der Waals surface area contributed by atoms with Crippen molar-refractivity contribution in [2.45, 2.75) is 13.5 Å². The Balaban J connectivity index is 2.48. The molecule has 0 bridgehead atoms. The number of benzene rings is 1. The van der Waals surface area contributed by atoms with Gasteiger partial charge in [0.25, 0.3) is 0 Å². The molecule has 0 aliphatic carbocycles. The highest BCUT2D eigenvalue weighted by Crippen LogP contribution is 2.28. The lowest BCUT2D eigenvalue weighted by Gasteiger charge is -1.98. The molecule has 2 aromatic rings. The molecule has 16 heavy (non-hydrogen) atoms. The largest absolute Gasteiger partial charge is 0.271 e. The third kappa shape index (κ3) is 2.04. The molecule has 0 spiro atoms. The minimum absolute atomic E-state index is 0.412. The van der Waals surface area contributed by atoms with Crippen LogP contribution in [0.3, 0.4) is 0 Å². The molecule has 2 rings (SSSR count). The molecule has 0 unspecified atom stereocenters. The highest BCUT2D eigenvalue weighted by Gasteiger charge is 2.08. The molecular weight excluding hydrogens is 270 g/mol. The van der Waals surface area contributed by atoms with Crippen molar-refractivity contribution < 1.29 is 0 Å². The van der Waals surface area contributed by atoms with Crippen molar-refractivity contribution in [3.63, 3.8) is 0 Å². The molecule has 4 nitrogen and oxygen atoms in total.